The summed E-state index contributed by atoms with van der Waals surface area (Å²) in [6, 6.07) is 12.9. The van der Waals surface area contributed by atoms with Crippen LogP contribution in [0.1, 0.15) is 19.3 Å². The van der Waals surface area contributed by atoms with Crippen LogP contribution in [0.3, 0.4) is 0 Å². The van der Waals surface area contributed by atoms with Crippen LogP contribution in [0.4, 0.5) is 20.3 Å². The van der Waals surface area contributed by atoms with Gasteiger partial charge >= 0.3 is 6.61 Å². The molecule has 1 aromatic heterocycles. The number of aromatic nitrogens is 1. The number of alkyl halides is 2. The van der Waals surface area contributed by atoms with Gasteiger partial charge in [0.05, 0.1) is 5.69 Å². The largest absolute Gasteiger partial charge is 0.433 e. The van der Waals surface area contributed by atoms with Crippen molar-refractivity contribution in [2.45, 2.75) is 31.9 Å². The number of rotatable bonds is 10. The Morgan fingerprint density at radius 1 is 1.19 bits per heavy atom. The number of halogens is 3. The number of nitrogens with one attached hydrogen (secondary N) is 3. The molecular weight excluding hydrogens is 529 g/mol. The molecule has 1 aliphatic heterocycles. The maximum absolute atomic E-state index is 12.7. The van der Waals surface area contributed by atoms with Gasteiger partial charge in [-0.05, 0) is 43.5 Å². The van der Waals surface area contributed by atoms with Gasteiger partial charge in [-0.25, -0.2) is 4.98 Å². The number of guanidine groups is 1. The van der Waals surface area contributed by atoms with E-state index in [2.05, 4.69) is 35.6 Å². The minimum atomic E-state index is -2.83. The van der Waals surface area contributed by atoms with E-state index < -0.39 is 6.61 Å². The third-order valence-electron chi connectivity index (χ3n) is 5.04. The first-order valence-corrected chi connectivity index (χ1v) is 10.6. The molecule has 2 aromatic rings. The minimum Gasteiger partial charge on any atom is -0.433 e. The predicted octanol–water partition coefficient (Wildman–Crippen LogP) is 3.94. The van der Waals surface area contributed by atoms with Crippen LogP contribution in [0.5, 0.6) is 5.75 Å². The Balaban J connectivity index is 0.00000363. The lowest BCUT2D eigenvalue weighted by Gasteiger charge is -2.22. The van der Waals surface area contributed by atoms with E-state index in [-0.39, 0.29) is 35.8 Å². The molecule has 3 N–H and O–H groups in total. The highest BCUT2D eigenvalue weighted by atomic mass is 127. The van der Waals surface area contributed by atoms with Crippen molar-refractivity contribution in [2.24, 2.45) is 4.99 Å². The first-order valence-electron chi connectivity index (χ1n) is 10.6. The summed E-state index contributed by atoms with van der Waals surface area (Å²) in [7, 11) is 1.75. The zero-order valence-electron chi connectivity index (χ0n) is 18.1. The first-order chi connectivity index (χ1) is 15.2. The van der Waals surface area contributed by atoms with Gasteiger partial charge < -0.3 is 25.6 Å². The van der Waals surface area contributed by atoms with Gasteiger partial charge in [-0.15, -0.1) is 24.0 Å². The third-order valence-corrected chi connectivity index (χ3v) is 5.04. The number of hydrogen-bond acceptors (Lipinski definition) is 5. The molecule has 32 heavy (non-hydrogen) atoms. The molecule has 10 heteroatoms. The van der Waals surface area contributed by atoms with E-state index in [4.69, 9.17) is 0 Å². The van der Waals surface area contributed by atoms with Crippen LogP contribution < -0.4 is 25.6 Å². The second kappa shape index (κ2) is 13.9. The molecule has 0 bridgehead atoms. The number of ether oxygens (including phenoxy) is 1. The van der Waals surface area contributed by atoms with Gasteiger partial charge in [-0.3, -0.25) is 4.99 Å². The molecule has 2 heterocycles. The molecule has 1 fully saturated rings. The molecule has 176 valence electrons. The van der Waals surface area contributed by atoms with Crippen molar-refractivity contribution in [3.63, 3.8) is 0 Å². The normalized spacial score (nSPS) is 15.9. The van der Waals surface area contributed by atoms with E-state index in [1.54, 1.807) is 25.4 Å². The lowest BCUT2D eigenvalue weighted by molar-refractivity contribution is -0.0495. The monoisotopic (exact) mass is 560 g/mol. The van der Waals surface area contributed by atoms with Gasteiger partial charge in [0.25, 0.3) is 0 Å². The fourth-order valence-corrected chi connectivity index (χ4v) is 3.54. The summed E-state index contributed by atoms with van der Waals surface area (Å²) in [6.07, 6.45) is 4.67. The van der Waals surface area contributed by atoms with Crippen molar-refractivity contribution < 1.29 is 13.5 Å². The number of anilines is 2. The lowest BCUT2D eigenvalue weighted by Crippen LogP contribution is -2.44. The van der Waals surface area contributed by atoms with Gasteiger partial charge in [0, 0.05) is 45.5 Å². The summed E-state index contributed by atoms with van der Waals surface area (Å²) in [5, 5.41) is 10.1. The summed E-state index contributed by atoms with van der Waals surface area (Å²) in [4.78, 5) is 10.6. The second-order valence-electron chi connectivity index (χ2n) is 7.27. The summed E-state index contributed by atoms with van der Waals surface area (Å²) in [5.74, 6) is 1.85. The Morgan fingerprint density at radius 3 is 2.72 bits per heavy atom. The van der Waals surface area contributed by atoms with Crippen LogP contribution in [0.25, 0.3) is 0 Å². The van der Waals surface area contributed by atoms with Crippen LogP contribution in [-0.4, -0.2) is 56.8 Å². The van der Waals surface area contributed by atoms with E-state index >= 15 is 0 Å². The highest BCUT2D eigenvalue weighted by molar-refractivity contribution is 14.0. The number of aliphatic imine (C=N–C) groups is 1. The molecule has 0 aliphatic carbocycles. The molecule has 1 unspecified atom stereocenters. The summed E-state index contributed by atoms with van der Waals surface area (Å²) in [5.41, 5.74) is 0.690. The summed E-state index contributed by atoms with van der Waals surface area (Å²) >= 11 is 0. The van der Waals surface area contributed by atoms with Crippen LogP contribution >= 0.6 is 24.0 Å². The standard InChI is InChI=1S/C22H30F2N6O.HI/c1-25-22(28-14-7-6-13-27-20-10-4-5-12-26-20)29-17-11-15-30(16-17)18-8-2-3-9-19(18)31-21(23)24;/h2-5,8-10,12,17,21H,6-7,11,13-16H2,1H3,(H,26,27)(H2,25,28,29);1H. The molecule has 0 saturated carbocycles. The van der Waals surface area contributed by atoms with E-state index in [1.807, 2.05) is 30.3 Å². The molecular formula is C22H31F2IN6O. The van der Waals surface area contributed by atoms with Crippen molar-refractivity contribution in [1.82, 2.24) is 15.6 Å². The van der Waals surface area contributed by atoms with Gasteiger partial charge in [-0.1, -0.05) is 18.2 Å². The molecule has 1 atom stereocenters. The fraction of sp³-hybridized carbons (Fsp3) is 0.455. The smallest absolute Gasteiger partial charge is 0.387 e. The maximum atomic E-state index is 12.7. The molecule has 7 nitrogen and oxygen atoms in total. The van der Waals surface area contributed by atoms with Crippen molar-refractivity contribution in [3.8, 4) is 5.75 Å². The third kappa shape index (κ3) is 8.29. The van der Waals surface area contributed by atoms with Gasteiger partial charge in [0.2, 0.25) is 0 Å². The Morgan fingerprint density at radius 2 is 1.97 bits per heavy atom. The average Bonchev–Trinajstić information content (AvgIpc) is 3.24. The number of para-hydroxylation sites is 2. The van der Waals surface area contributed by atoms with Crippen molar-refractivity contribution in [2.75, 3.05) is 43.4 Å². The quantitative estimate of drug-likeness (QED) is 0.177. The van der Waals surface area contributed by atoms with Crippen LogP contribution in [0.2, 0.25) is 0 Å². The van der Waals surface area contributed by atoms with Crippen molar-refractivity contribution >= 4 is 41.4 Å². The van der Waals surface area contributed by atoms with Gasteiger partial charge in [0.1, 0.15) is 11.6 Å². The van der Waals surface area contributed by atoms with Gasteiger partial charge in [-0.2, -0.15) is 8.78 Å². The van der Waals surface area contributed by atoms with Crippen molar-refractivity contribution in [3.05, 3.63) is 48.7 Å². The van der Waals surface area contributed by atoms with E-state index in [0.29, 0.717) is 12.2 Å². The predicted molar refractivity (Wildman–Crippen MR) is 136 cm³/mol. The average molecular weight is 560 g/mol. The van der Waals surface area contributed by atoms with Crippen molar-refractivity contribution in [1.29, 1.82) is 0 Å². The number of hydrogen-bond donors (Lipinski definition) is 3. The van der Waals surface area contributed by atoms with Crippen LogP contribution in [0, 0.1) is 0 Å². The molecule has 1 saturated heterocycles. The first kappa shape index (κ1) is 25.9. The SMILES string of the molecule is CN=C(NCCCCNc1ccccn1)NC1CCN(c2ccccc2OC(F)F)C1.I. The zero-order valence-corrected chi connectivity index (χ0v) is 20.5. The number of pyridine rings is 1. The molecule has 0 amide bonds. The molecule has 1 aromatic carbocycles. The fourth-order valence-electron chi connectivity index (χ4n) is 3.54. The Bertz CT molecular complexity index is 827. The highest BCUT2D eigenvalue weighted by Gasteiger charge is 2.25. The van der Waals surface area contributed by atoms with Crippen LogP contribution in [0.15, 0.2) is 53.7 Å². The van der Waals surface area contributed by atoms with E-state index in [0.717, 1.165) is 50.7 Å². The number of benzene rings is 1. The van der Waals surface area contributed by atoms with E-state index in [9.17, 15) is 8.78 Å². The lowest BCUT2D eigenvalue weighted by atomic mass is 10.2. The second-order valence-corrected chi connectivity index (χ2v) is 7.27. The Labute approximate surface area is 205 Å². The zero-order chi connectivity index (χ0) is 21.9. The Kier molecular flexibility index (Phi) is 11.3. The van der Waals surface area contributed by atoms with Crippen LogP contribution in [-0.2, 0) is 0 Å². The Hall–Kier alpha value is -2.37. The number of unbranched alkanes of at least 4 members (excludes halogenated alkanes) is 1. The molecule has 0 radical (unpaired) electrons. The molecule has 0 spiro atoms. The minimum absolute atomic E-state index is 0. The molecule has 3 rings (SSSR count). The van der Waals surface area contributed by atoms with E-state index in [1.165, 1.54) is 0 Å². The molecule has 1 aliphatic rings. The number of nitrogens with zero attached hydrogens (tertiary/aromatic N) is 3. The summed E-state index contributed by atoms with van der Waals surface area (Å²) in [6.45, 7) is 0.295. The topological polar surface area (TPSA) is 73.8 Å². The maximum Gasteiger partial charge on any atom is 0.387 e. The summed E-state index contributed by atoms with van der Waals surface area (Å²) < 4.78 is 30.0. The van der Waals surface area contributed by atoms with Gasteiger partial charge in [0.15, 0.2) is 5.96 Å². The highest BCUT2D eigenvalue weighted by Crippen LogP contribution is 2.31.